The molecule has 1 N–H and O–H groups in total. The molecule has 1 rings (SSSR count). The van der Waals surface area contributed by atoms with Crippen molar-refractivity contribution in [3.05, 3.63) is 29.8 Å². The summed E-state index contributed by atoms with van der Waals surface area (Å²) in [6.07, 6.45) is 0.190. The minimum atomic E-state index is -1.00. The van der Waals surface area contributed by atoms with Crippen LogP contribution < -0.4 is 4.74 Å². The summed E-state index contributed by atoms with van der Waals surface area (Å²) in [7, 11) is 0. The van der Waals surface area contributed by atoms with Crippen LogP contribution in [-0.2, 0) is 16.0 Å². The van der Waals surface area contributed by atoms with Crippen molar-refractivity contribution in [2.24, 2.45) is 5.92 Å². The van der Waals surface area contributed by atoms with Crippen molar-refractivity contribution in [2.45, 2.75) is 40.2 Å². The molecule has 0 bridgehead atoms. The van der Waals surface area contributed by atoms with Gasteiger partial charge in [0.2, 0.25) is 5.91 Å². The van der Waals surface area contributed by atoms with Crippen LogP contribution in [0.5, 0.6) is 5.75 Å². The van der Waals surface area contributed by atoms with E-state index in [1.54, 1.807) is 0 Å². The van der Waals surface area contributed by atoms with Gasteiger partial charge in [-0.3, -0.25) is 9.59 Å². The Bertz CT molecular complexity index is 494. The molecule has 122 valence electrons. The maximum absolute atomic E-state index is 12.2. The van der Waals surface area contributed by atoms with E-state index in [9.17, 15) is 9.59 Å². The van der Waals surface area contributed by atoms with Crippen LogP contribution in [0, 0.1) is 5.92 Å². The highest BCUT2D eigenvalue weighted by Gasteiger charge is 2.19. The lowest BCUT2D eigenvalue weighted by Gasteiger charge is -2.25. The van der Waals surface area contributed by atoms with Gasteiger partial charge in [0.15, 0.2) is 0 Å². The molecule has 0 spiro atoms. The molecule has 5 heteroatoms. The number of rotatable bonds is 8. The number of carbonyl (C=O) groups is 2. The highest BCUT2D eigenvalue weighted by atomic mass is 16.5. The largest absolute Gasteiger partial charge is 0.493 e. The second kappa shape index (κ2) is 8.41. The minimum Gasteiger partial charge on any atom is -0.493 e. The van der Waals surface area contributed by atoms with Crippen molar-refractivity contribution in [3.8, 4) is 5.75 Å². The van der Waals surface area contributed by atoms with E-state index < -0.39 is 5.97 Å². The van der Waals surface area contributed by atoms with Gasteiger partial charge in [-0.05, 0) is 37.5 Å². The number of carbonyl (C=O) groups excluding carboxylic acids is 1. The van der Waals surface area contributed by atoms with Crippen LogP contribution in [0.25, 0.3) is 0 Å². The van der Waals surface area contributed by atoms with Crippen molar-refractivity contribution in [1.29, 1.82) is 0 Å². The summed E-state index contributed by atoms with van der Waals surface area (Å²) >= 11 is 0. The maximum atomic E-state index is 12.2. The fraction of sp³-hybridized carbons (Fsp3) is 0.529. The summed E-state index contributed by atoms with van der Waals surface area (Å²) in [5.41, 5.74) is 0.845. The molecule has 0 radical (unpaired) electrons. The van der Waals surface area contributed by atoms with Gasteiger partial charge in [-0.25, -0.2) is 0 Å². The molecule has 0 heterocycles. The molecule has 5 nitrogen and oxygen atoms in total. The first kappa shape index (κ1) is 18.0. The Morgan fingerprint density at radius 2 is 1.73 bits per heavy atom. The molecular weight excluding hydrogens is 282 g/mol. The van der Waals surface area contributed by atoms with Gasteiger partial charge >= 0.3 is 5.97 Å². The normalized spacial score (nSPS) is 10.8. The van der Waals surface area contributed by atoms with Crippen LogP contribution in [0.2, 0.25) is 0 Å². The van der Waals surface area contributed by atoms with Crippen molar-refractivity contribution in [2.75, 3.05) is 13.2 Å². The number of ether oxygens (including phenoxy) is 1. The number of nitrogens with zero attached hydrogens (tertiary/aromatic N) is 1. The second-order valence-corrected chi connectivity index (χ2v) is 6.03. The van der Waals surface area contributed by atoms with Crippen molar-refractivity contribution >= 4 is 11.9 Å². The van der Waals surface area contributed by atoms with Crippen LogP contribution in [0.1, 0.15) is 33.3 Å². The molecule has 0 fully saturated rings. The predicted octanol–water partition coefficient (Wildman–Crippen LogP) is 2.59. The van der Waals surface area contributed by atoms with E-state index in [4.69, 9.17) is 9.84 Å². The van der Waals surface area contributed by atoms with Gasteiger partial charge < -0.3 is 14.7 Å². The molecule has 0 aromatic heterocycles. The summed E-state index contributed by atoms with van der Waals surface area (Å²) in [6.45, 7) is 8.16. The van der Waals surface area contributed by atoms with Crippen LogP contribution in [0.3, 0.4) is 0 Å². The van der Waals surface area contributed by atoms with E-state index in [0.29, 0.717) is 12.5 Å². The first-order chi connectivity index (χ1) is 10.3. The summed E-state index contributed by atoms with van der Waals surface area (Å²) in [6, 6.07) is 7.21. The molecule has 0 aliphatic rings. The molecule has 0 aliphatic heterocycles. The lowest BCUT2D eigenvalue weighted by molar-refractivity contribution is -0.145. The average Bonchev–Trinajstić information content (AvgIpc) is 2.43. The van der Waals surface area contributed by atoms with Gasteiger partial charge in [0.1, 0.15) is 12.3 Å². The molecule has 0 saturated heterocycles. The van der Waals surface area contributed by atoms with Crippen LogP contribution >= 0.6 is 0 Å². The van der Waals surface area contributed by atoms with E-state index in [-0.39, 0.29) is 24.9 Å². The Morgan fingerprint density at radius 3 is 2.18 bits per heavy atom. The van der Waals surface area contributed by atoms with Gasteiger partial charge in [0.05, 0.1) is 13.0 Å². The zero-order chi connectivity index (χ0) is 16.7. The number of carboxylic acid groups (broad SMARTS) is 1. The van der Waals surface area contributed by atoms with Crippen LogP contribution in [0.4, 0.5) is 0 Å². The van der Waals surface area contributed by atoms with E-state index in [2.05, 4.69) is 13.8 Å². The SMILES string of the molecule is CC(C)COc1ccc(CC(=O)N(CC(=O)O)C(C)C)cc1. The first-order valence-electron chi connectivity index (χ1n) is 7.52. The summed E-state index contributed by atoms with van der Waals surface area (Å²) < 4.78 is 5.59. The average molecular weight is 307 g/mol. The number of hydrogen-bond donors (Lipinski definition) is 1. The van der Waals surface area contributed by atoms with Crippen molar-refractivity contribution < 1.29 is 19.4 Å². The van der Waals surface area contributed by atoms with Gasteiger partial charge in [0.25, 0.3) is 0 Å². The summed E-state index contributed by atoms with van der Waals surface area (Å²) in [5, 5.41) is 8.88. The monoisotopic (exact) mass is 307 g/mol. The predicted molar refractivity (Wildman–Crippen MR) is 85.0 cm³/mol. The quantitative estimate of drug-likeness (QED) is 0.801. The number of aliphatic carboxylic acids is 1. The number of amides is 1. The van der Waals surface area contributed by atoms with E-state index in [1.807, 2.05) is 38.1 Å². The zero-order valence-electron chi connectivity index (χ0n) is 13.7. The number of carboxylic acids is 1. The lowest BCUT2D eigenvalue weighted by atomic mass is 10.1. The second-order valence-electron chi connectivity index (χ2n) is 6.03. The van der Waals surface area contributed by atoms with Gasteiger partial charge in [0, 0.05) is 6.04 Å². The fourth-order valence-corrected chi connectivity index (χ4v) is 1.95. The molecule has 0 atom stereocenters. The molecule has 0 aliphatic carbocycles. The van der Waals surface area contributed by atoms with Crippen LogP contribution in [0.15, 0.2) is 24.3 Å². The number of benzene rings is 1. The van der Waals surface area contributed by atoms with Crippen molar-refractivity contribution in [1.82, 2.24) is 4.90 Å². The highest BCUT2D eigenvalue weighted by Crippen LogP contribution is 2.14. The summed E-state index contributed by atoms with van der Waals surface area (Å²) in [5.74, 6) is 0.0424. The summed E-state index contributed by atoms with van der Waals surface area (Å²) in [4.78, 5) is 24.4. The smallest absolute Gasteiger partial charge is 0.323 e. The Kier molecular flexibility index (Phi) is 6.89. The lowest BCUT2D eigenvalue weighted by Crippen LogP contribution is -2.41. The zero-order valence-corrected chi connectivity index (χ0v) is 13.7. The third kappa shape index (κ3) is 6.16. The molecule has 0 saturated carbocycles. The van der Waals surface area contributed by atoms with Gasteiger partial charge in [-0.1, -0.05) is 26.0 Å². The van der Waals surface area contributed by atoms with Gasteiger partial charge in [-0.15, -0.1) is 0 Å². The standard InChI is InChI=1S/C17H25NO4/c1-12(2)11-22-15-7-5-14(6-8-15)9-16(19)18(13(3)4)10-17(20)21/h5-8,12-13H,9-11H2,1-4H3,(H,20,21). The Balaban J connectivity index is 2.65. The highest BCUT2D eigenvalue weighted by molar-refractivity contribution is 5.83. The van der Waals surface area contributed by atoms with Crippen molar-refractivity contribution in [3.63, 3.8) is 0 Å². The Hall–Kier alpha value is -2.04. The van der Waals surface area contributed by atoms with Gasteiger partial charge in [-0.2, -0.15) is 0 Å². The van der Waals surface area contributed by atoms with Crippen LogP contribution in [-0.4, -0.2) is 41.1 Å². The maximum Gasteiger partial charge on any atom is 0.323 e. The Labute approximate surface area is 131 Å². The molecule has 1 aromatic rings. The molecule has 22 heavy (non-hydrogen) atoms. The first-order valence-corrected chi connectivity index (χ1v) is 7.52. The number of hydrogen-bond acceptors (Lipinski definition) is 3. The molecule has 1 aromatic carbocycles. The van der Waals surface area contributed by atoms with E-state index >= 15 is 0 Å². The molecular formula is C17H25NO4. The fourth-order valence-electron chi connectivity index (χ4n) is 1.95. The minimum absolute atomic E-state index is 0.141. The van der Waals surface area contributed by atoms with E-state index in [0.717, 1.165) is 11.3 Å². The third-order valence-electron chi connectivity index (χ3n) is 3.11. The van der Waals surface area contributed by atoms with E-state index in [1.165, 1.54) is 4.90 Å². The Morgan fingerprint density at radius 1 is 1.14 bits per heavy atom. The molecule has 0 unspecified atom stereocenters. The topological polar surface area (TPSA) is 66.8 Å². The third-order valence-corrected chi connectivity index (χ3v) is 3.11. The molecule has 1 amide bonds.